The number of carbonyl (C=O) groups is 2. The number of nitrogens with zero attached hydrogens (tertiary/aromatic N) is 1. The van der Waals surface area contributed by atoms with Crippen LogP contribution >= 0.6 is 0 Å². The predicted molar refractivity (Wildman–Crippen MR) is 86.3 cm³/mol. The van der Waals surface area contributed by atoms with E-state index in [9.17, 15) is 9.59 Å². The fourth-order valence-corrected chi connectivity index (χ4v) is 3.36. The third-order valence-electron chi connectivity index (χ3n) is 4.59. The Morgan fingerprint density at radius 3 is 2.05 bits per heavy atom. The maximum atomic E-state index is 12.7. The van der Waals surface area contributed by atoms with E-state index in [1.807, 2.05) is 19.2 Å². The summed E-state index contributed by atoms with van der Waals surface area (Å²) in [7, 11) is 1.96. The molecule has 1 aliphatic carbocycles. The molecule has 1 aliphatic heterocycles. The van der Waals surface area contributed by atoms with Crippen molar-refractivity contribution in [3.05, 3.63) is 46.5 Å². The Balaban J connectivity index is 1.79. The molecule has 0 amide bonds. The highest BCUT2D eigenvalue weighted by atomic mass is 16.1. The van der Waals surface area contributed by atoms with Crippen molar-refractivity contribution in [2.45, 2.75) is 19.3 Å². The molecule has 0 unspecified atom stereocenters. The monoisotopic (exact) mass is 298 g/mol. The molecule has 2 aliphatic rings. The molecule has 0 bridgehead atoms. The number of hydrogen-bond donors (Lipinski definition) is 1. The maximum Gasteiger partial charge on any atom is 0.190 e. The van der Waals surface area contributed by atoms with E-state index in [2.05, 4.69) is 10.2 Å². The normalized spacial score (nSPS) is 19.0. The second-order valence-corrected chi connectivity index (χ2v) is 5.96. The number of carbonyl (C=O) groups excluding carboxylic acids is 2. The molecule has 1 N–H and O–H groups in total. The SMILES string of the molecule is CNCCCN1CCC2=C(CC1)C(=O)c1ccccc1C2=O. The van der Waals surface area contributed by atoms with E-state index >= 15 is 0 Å². The summed E-state index contributed by atoms with van der Waals surface area (Å²) in [6.45, 7) is 3.73. The van der Waals surface area contributed by atoms with Gasteiger partial charge >= 0.3 is 0 Å². The van der Waals surface area contributed by atoms with Gasteiger partial charge in [0.2, 0.25) is 0 Å². The lowest BCUT2D eigenvalue weighted by Crippen LogP contribution is -2.28. The number of benzene rings is 1. The van der Waals surface area contributed by atoms with E-state index < -0.39 is 0 Å². The Labute approximate surface area is 131 Å². The van der Waals surface area contributed by atoms with Crippen LogP contribution in [0.1, 0.15) is 40.0 Å². The third kappa shape index (κ3) is 2.76. The van der Waals surface area contributed by atoms with Crippen LogP contribution in [0.15, 0.2) is 35.4 Å². The zero-order valence-corrected chi connectivity index (χ0v) is 13.0. The standard InChI is InChI=1S/C18H22N2O2/c1-19-9-4-10-20-11-7-15-16(8-12-20)18(22)14-6-3-2-5-13(14)17(15)21/h2-3,5-6,19H,4,7-12H2,1H3. The summed E-state index contributed by atoms with van der Waals surface area (Å²) in [6.07, 6.45) is 2.46. The van der Waals surface area contributed by atoms with E-state index in [4.69, 9.17) is 0 Å². The molecule has 0 fully saturated rings. The predicted octanol–water partition coefficient (Wildman–Crippen LogP) is 2.07. The summed E-state index contributed by atoms with van der Waals surface area (Å²) in [6, 6.07) is 7.20. The minimum absolute atomic E-state index is 0.0577. The van der Waals surface area contributed by atoms with Crippen molar-refractivity contribution >= 4 is 11.6 Å². The Kier molecular flexibility index (Phi) is 4.50. The minimum atomic E-state index is 0.0577. The zero-order valence-electron chi connectivity index (χ0n) is 13.0. The molecule has 4 heteroatoms. The molecule has 4 nitrogen and oxygen atoms in total. The minimum Gasteiger partial charge on any atom is -0.320 e. The summed E-state index contributed by atoms with van der Waals surface area (Å²) >= 11 is 0. The van der Waals surface area contributed by atoms with Crippen molar-refractivity contribution in [3.8, 4) is 0 Å². The number of Topliss-reactive ketones (excluding diaryl/α,β-unsaturated/α-hetero) is 2. The van der Waals surface area contributed by atoms with Gasteiger partial charge in [0.05, 0.1) is 0 Å². The van der Waals surface area contributed by atoms with Crippen molar-refractivity contribution in [2.24, 2.45) is 0 Å². The van der Waals surface area contributed by atoms with Gasteiger partial charge in [-0.3, -0.25) is 9.59 Å². The van der Waals surface area contributed by atoms with E-state index in [0.29, 0.717) is 24.0 Å². The molecule has 1 heterocycles. The molecule has 0 spiro atoms. The van der Waals surface area contributed by atoms with Crippen LogP contribution in [0, 0.1) is 0 Å². The molecule has 0 atom stereocenters. The summed E-state index contributed by atoms with van der Waals surface area (Å²) in [4.78, 5) is 27.7. The molecule has 0 aromatic heterocycles. The average Bonchev–Trinajstić information content (AvgIpc) is 2.76. The van der Waals surface area contributed by atoms with Crippen molar-refractivity contribution in [2.75, 3.05) is 33.2 Å². The van der Waals surface area contributed by atoms with E-state index in [1.54, 1.807) is 12.1 Å². The van der Waals surface area contributed by atoms with Crippen LogP contribution < -0.4 is 5.32 Å². The number of ketones is 2. The smallest absolute Gasteiger partial charge is 0.190 e. The highest BCUT2D eigenvalue weighted by molar-refractivity contribution is 6.26. The fourth-order valence-electron chi connectivity index (χ4n) is 3.36. The van der Waals surface area contributed by atoms with Gasteiger partial charge < -0.3 is 10.2 Å². The molecule has 116 valence electrons. The van der Waals surface area contributed by atoms with Gasteiger partial charge in [0.15, 0.2) is 11.6 Å². The van der Waals surface area contributed by atoms with Crippen molar-refractivity contribution in [3.63, 3.8) is 0 Å². The first kappa shape index (κ1) is 15.1. The van der Waals surface area contributed by atoms with Crippen LogP contribution in [0.5, 0.6) is 0 Å². The van der Waals surface area contributed by atoms with Crippen LogP contribution in [0.2, 0.25) is 0 Å². The van der Waals surface area contributed by atoms with Crippen LogP contribution in [0.4, 0.5) is 0 Å². The zero-order chi connectivity index (χ0) is 15.5. The Morgan fingerprint density at radius 2 is 1.55 bits per heavy atom. The second kappa shape index (κ2) is 6.55. The Morgan fingerprint density at radius 1 is 1.00 bits per heavy atom. The molecule has 22 heavy (non-hydrogen) atoms. The van der Waals surface area contributed by atoms with Crippen LogP contribution in [-0.2, 0) is 0 Å². The summed E-state index contributed by atoms with van der Waals surface area (Å²) in [5, 5.41) is 3.15. The molecule has 3 rings (SSSR count). The van der Waals surface area contributed by atoms with E-state index in [-0.39, 0.29) is 11.6 Å². The first-order chi connectivity index (χ1) is 10.7. The maximum absolute atomic E-state index is 12.7. The summed E-state index contributed by atoms with van der Waals surface area (Å²) in [5.41, 5.74) is 2.66. The van der Waals surface area contributed by atoms with Crippen LogP contribution in [-0.4, -0.2) is 49.7 Å². The van der Waals surface area contributed by atoms with Gasteiger partial charge in [0.1, 0.15) is 0 Å². The van der Waals surface area contributed by atoms with Gasteiger partial charge in [-0.25, -0.2) is 0 Å². The van der Waals surface area contributed by atoms with Gasteiger partial charge in [-0.15, -0.1) is 0 Å². The van der Waals surface area contributed by atoms with E-state index in [1.165, 1.54) is 0 Å². The summed E-state index contributed by atoms with van der Waals surface area (Å²) < 4.78 is 0. The molecule has 1 aromatic rings. The van der Waals surface area contributed by atoms with Gasteiger partial charge in [-0.1, -0.05) is 24.3 Å². The molecule has 0 saturated heterocycles. The van der Waals surface area contributed by atoms with Gasteiger partial charge in [0, 0.05) is 35.4 Å². The molecule has 0 saturated carbocycles. The lowest BCUT2D eigenvalue weighted by atomic mass is 9.82. The topological polar surface area (TPSA) is 49.4 Å². The van der Waals surface area contributed by atoms with Gasteiger partial charge in [-0.2, -0.15) is 0 Å². The van der Waals surface area contributed by atoms with Crippen LogP contribution in [0.25, 0.3) is 0 Å². The Hall–Kier alpha value is -1.78. The Bertz CT molecular complexity index is 585. The largest absolute Gasteiger partial charge is 0.320 e. The quantitative estimate of drug-likeness (QED) is 0.865. The lowest BCUT2D eigenvalue weighted by molar-refractivity contribution is 0.0970. The molecular formula is C18H22N2O2. The van der Waals surface area contributed by atoms with Crippen molar-refractivity contribution < 1.29 is 9.59 Å². The second-order valence-electron chi connectivity index (χ2n) is 5.96. The molecule has 0 radical (unpaired) electrons. The van der Waals surface area contributed by atoms with Gasteiger partial charge in [0.25, 0.3) is 0 Å². The van der Waals surface area contributed by atoms with Gasteiger partial charge in [-0.05, 0) is 39.4 Å². The number of rotatable bonds is 4. The van der Waals surface area contributed by atoms with Crippen molar-refractivity contribution in [1.82, 2.24) is 10.2 Å². The third-order valence-corrected chi connectivity index (χ3v) is 4.59. The number of nitrogens with one attached hydrogen (secondary N) is 1. The van der Waals surface area contributed by atoms with Crippen LogP contribution in [0.3, 0.4) is 0 Å². The van der Waals surface area contributed by atoms with Crippen molar-refractivity contribution in [1.29, 1.82) is 0 Å². The number of hydrogen-bond acceptors (Lipinski definition) is 4. The molecule has 1 aromatic carbocycles. The number of fused-ring (bicyclic) bond motifs is 1. The highest BCUT2D eigenvalue weighted by Gasteiger charge is 2.33. The average molecular weight is 298 g/mol. The molecular weight excluding hydrogens is 276 g/mol. The fraction of sp³-hybridized carbons (Fsp3) is 0.444. The van der Waals surface area contributed by atoms with E-state index in [0.717, 1.165) is 43.7 Å². The highest BCUT2D eigenvalue weighted by Crippen LogP contribution is 2.31. The lowest BCUT2D eigenvalue weighted by Gasteiger charge is -2.19. The first-order valence-electron chi connectivity index (χ1n) is 7.99. The summed E-state index contributed by atoms with van der Waals surface area (Å²) in [5.74, 6) is 0.115. The first-order valence-corrected chi connectivity index (χ1v) is 7.99.